The summed E-state index contributed by atoms with van der Waals surface area (Å²) < 4.78 is 5.49. The van der Waals surface area contributed by atoms with Crippen LogP contribution in [0.4, 0.5) is 0 Å². The first-order valence-electron chi connectivity index (χ1n) is 10.7. The molecule has 0 bridgehead atoms. The average Bonchev–Trinajstić information content (AvgIpc) is 3.28. The minimum atomic E-state index is -0.404. The van der Waals surface area contributed by atoms with E-state index in [0.717, 1.165) is 17.2 Å². The number of pyridine rings is 1. The predicted molar refractivity (Wildman–Crippen MR) is 129 cm³/mol. The molecule has 0 atom stereocenters. The van der Waals surface area contributed by atoms with Crippen LogP contribution in [0.1, 0.15) is 28.5 Å². The zero-order valence-electron chi connectivity index (χ0n) is 18.4. The van der Waals surface area contributed by atoms with Crippen molar-refractivity contribution in [2.45, 2.75) is 20.0 Å². The molecule has 2 heterocycles. The van der Waals surface area contributed by atoms with Gasteiger partial charge in [0.05, 0.1) is 16.1 Å². The van der Waals surface area contributed by atoms with Crippen molar-refractivity contribution in [2.75, 3.05) is 6.54 Å². The Balaban J connectivity index is 1.65. The number of carbonyl (C=O) groups is 1. The Bertz CT molecular complexity index is 1290. The molecule has 0 aliphatic heterocycles. The maximum Gasteiger partial charge on any atom is 0.274 e. The second kappa shape index (κ2) is 10.4. The number of benzene rings is 2. The summed E-state index contributed by atoms with van der Waals surface area (Å²) in [5, 5.41) is 30.3. The van der Waals surface area contributed by atoms with Gasteiger partial charge in [0.1, 0.15) is 11.5 Å². The van der Waals surface area contributed by atoms with Gasteiger partial charge in [-0.05, 0) is 35.7 Å². The van der Waals surface area contributed by atoms with E-state index >= 15 is 0 Å². The van der Waals surface area contributed by atoms with Crippen LogP contribution in [-0.4, -0.2) is 32.8 Å². The van der Waals surface area contributed by atoms with Gasteiger partial charge >= 0.3 is 0 Å². The van der Waals surface area contributed by atoms with Gasteiger partial charge in [-0.15, -0.1) is 0 Å². The third kappa shape index (κ3) is 5.03. The molecule has 0 radical (unpaired) electrons. The topological polar surface area (TPSA) is 121 Å². The summed E-state index contributed by atoms with van der Waals surface area (Å²) >= 11 is 6.05. The summed E-state index contributed by atoms with van der Waals surface area (Å²) in [6.45, 7) is 3.55. The maximum absolute atomic E-state index is 12.7. The first kappa shape index (κ1) is 23.3. The molecule has 174 valence electrons. The quantitative estimate of drug-likeness (QED) is 0.294. The minimum Gasteiger partial charge on any atom is -0.507 e. The van der Waals surface area contributed by atoms with Crippen LogP contribution in [0.5, 0.6) is 11.5 Å². The summed E-state index contributed by atoms with van der Waals surface area (Å²) in [5.74, 6) is -0.753. The van der Waals surface area contributed by atoms with E-state index in [1.54, 1.807) is 13.1 Å². The Kier molecular flexibility index (Phi) is 7.10. The molecule has 9 heteroatoms. The molecular formula is C25H23ClN4O4. The van der Waals surface area contributed by atoms with Crippen LogP contribution < -0.4 is 10.6 Å². The van der Waals surface area contributed by atoms with Gasteiger partial charge in [-0.25, -0.2) is 0 Å². The lowest BCUT2D eigenvalue weighted by atomic mass is 9.97. The Labute approximate surface area is 201 Å². The van der Waals surface area contributed by atoms with Gasteiger partial charge < -0.3 is 25.4 Å². The largest absolute Gasteiger partial charge is 0.507 e. The number of phenols is 2. The third-order valence-electron chi connectivity index (χ3n) is 5.18. The van der Waals surface area contributed by atoms with Gasteiger partial charge in [0.2, 0.25) is 0 Å². The number of hydrogen-bond acceptors (Lipinski definition) is 7. The highest BCUT2D eigenvalue weighted by atomic mass is 35.5. The Morgan fingerprint density at radius 3 is 2.53 bits per heavy atom. The highest BCUT2D eigenvalue weighted by Gasteiger charge is 2.26. The van der Waals surface area contributed by atoms with Crippen LogP contribution in [-0.2, 0) is 13.1 Å². The van der Waals surface area contributed by atoms with Gasteiger partial charge in [0.15, 0.2) is 11.5 Å². The van der Waals surface area contributed by atoms with Crippen LogP contribution >= 0.6 is 11.6 Å². The molecule has 0 spiro atoms. The number of nitrogens with one attached hydrogen (secondary N) is 2. The number of phenolic OH excluding ortho intramolecular Hbond substituents is 2. The van der Waals surface area contributed by atoms with Crippen LogP contribution in [0.25, 0.3) is 22.5 Å². The number of rotatable bonds is 8. The molecule has 34 heavy (non-hydrogen) atoms. The number of halogens is 1. The fraction of sp³-hybridized carbons (Fsp3) is 0.160. The minimum absolute atomic E-state index is 0.0322. The summed E-state index contributed by atoms with van der Waals surface area (Å²) in [7, 11) is 0. The van der Waals surface area contributed by atoms with E-state index in [1.165, 1.54) is 6.07 Å². The molecule has 1 amide bonds. The Morgan fingerprint density at radius 1 is 1.06 bits per heavy atom. The van der Waals surface area contributed by atoms with E-state index in [1.807, 2.05) is 42.6 Å². The highest BCUT2D eigenvalue weighted by molar-refractivity contribution is 6.32. The van der Waals surface area contributed by atoms with Crippen molar-refractivity contribution in [1.82, 2.24) is 20.8 Å². The summed E-state index contributed by atoms with van der Waals surface area (Å²) in [6.07, 6.45) is 3.56. The van der Waals surface area contributed by atoms with Gasteiger partial charge in [0, 0.05) is 38.1 Å². The van der Waals surface area contributed by atoms with Gasteiger partial charge in [-0.3, -0.25) is 9.78 Å². The standard InChI is InChI=1S/C25H23ClN4O4/c1-2-29-25(33)23-22(24(34-30-23)18-10-19(26)21(32)11-20(18)31)17-7-5-15(6-8-17)12-28-14-16-4-3-9-27-13-16/h3-11,13,28,31-32H,2,12,14H2,1H3,(H,29,33). The number of aromatic hydroxyl groups is 2. The summed E-state index contributed by atoms with van der Waals surface area (Å²) in [5.41, 5.74) is 3.52. The molecule has 0 fully saturated rings. The van der Waals surface area contributed by atoms with Crippen molar-refractivity contribution < 1.29 is 19.5 Å². The van der Waals surface area contributed by atoms with Crippen LogP contribution in [0.15, 0.2) is 65.4 Å². The van der Waals surface area contributed by atoms with E-state index in [4.69, 9.17) is 16.1 Å². The second-order valence-corrected chi connectivity index (χ2v) is 7.98. The van der Waals surface area contributed by atoms with Gasteiger partial charge in [-0.2, -0.15) is 0 Å². The number of nitrogens with zero attached hydrogens (tertiary/aromatic N) is 2. The number of hydrogen-bond donors (Lipinski definition) is 4. The number of amides is 1. The van der Waals surface area contributed by atoms with Gasteiger partial charge in [0.25, 0.3) is 5.91 Å². The second-order valence-electron chi connectivity index (χ2n) is 7.58. The Hall–Kier alpha value is -3.88. The van der Waals surface area contributed by atoms with Crippen LogP contribution in [0, 0.1) is 0 Å². The molecule has 0 saturated heterocycles. The molecule has 4 aromatic rings. The number of carbonyl (C=O) groups excluding carboxylic acids is 1. The normalized spacial score (nSPS) is 10.9. The lowest BCUT2D eigenvalue weighted by Gasteiger charge is -2.09. The maximum atomic E-state index is 12.7. The molecule has 8 nitrogen and oxygen atoms in total. The van der Waals surface area contributed by atoms with Gasteiger partial charge in [-0.1, -0.05) is 47.1 Å². The van der Waals surface area contributed by atoms with Crippen molar-refractivity contribution in [3.05, 3.63) is 82.8 Å². The van der Waals surface area contributed by atoms with E-state index in [9.17, 15) is 15.0 Å². The van der Waals surface area contributed by atoms with Crippen molar-refractivity contribution >= 4 is 17.5 Å². The summed E-state index contributed by atoms with van der Waals surface area (Å²) in [4.78, 5) is 16.8. The van der Waals surface area contributed by atoms with E-state index in [-0.39, 0.29) is 33.5 Å². The van der Waals surface area contributed by atoms with Crippen LogP contribution in [0.3, 0.4) is 0 Å². The fourth-order valence-electron chi connectivity index (χ4n) is 3.52. The van der Waals surface area contributed by atoms with Crippen molar-refractivity contribution in [2.24, 2.45) is 0 Å². The van der Waals surface area contributed by atoms with Crippen molar-refractivity contribution in [3.8, 4) is 33.9 Å². The number of aromatic nitrogens is 2. The molecule has 0 unspecified atom stereocenters. The lowest BCUT2D eigenvalue weighted by Crippen LogP contribution is -2.23. The first-order chi connectivity index (χ1) is 16.5. The zero-order chi connectivity index (χ0) is 24.1. The third-order valence-corrected chi connectivity index (χ3v) is 5.48. The van der Waals surface area contributed by atoms with E-state index < -0.39 is 5.91 Å². The highest BCUT2D eigenvalue weighted by Crippen LogP contribution is 2.42. The monoisotopic (exact) mass is 478 g/mol. The molecule has 2 aromatic heterocycles. The molecular weight excluding hydrogens is 456 g/mol. The molecule has 0 saturated carbocycles. The van der Waals surface area contributed by atoms with Crippen molar-refractivity contribution in [3.63, 3.8) is 0 Å². The Morgan fingerprint density at radius 2 is 1.82 bits per heavy atom. The van der Waals surface area contributed by atoms with Crippen molar-refractivity contribution in [1.29, 1.82) is 0 Å². The van der Waals surface area contributed by atoms with Crippen LogP contribution in [0.2, 0.25) is 5.02 Å². The van der Waals surface area contributed by atoms with E-state index in [0.29, 0.717) is 30.8 Å². The predicted octanol–water partition coefficient (Wildman–Crippen LogP) is 4.51. The SMILES string of the molecule is CCNC(=O)c1noc(-c2cc(Cl)c(O)cc2O)c1-c1ccc(CNCc2cccnc2)cc1. The molecule has 4 rings (SSSR count). The first-order valence-corrected chi connectivity index (χ1v) is 11.0. The summed E-state index contributed by atoms with van der Waals surface area (Å²) in [6, 6.07) is 14.0. The smallest absolute Gasteiger partial charge is 0.274 e. The zero-order valence-corrected chi connectivity index (χ0v) is 19.1. The fourth-order valence-corrected chi connectivity index (χ4v) is 3.68. The average molecular weight is 479 g/mol. The molecule has 0 aliphatic carbocycles. The molecule has 2 aromatic carbocycles. The molecule has 4 N–H and O–H groups in total. The molecule has 0 aliphatic rings. The lowest BCUT2D eigenvalue weighted by molar-refractivity contribution is 0.0947. The van der Waals surface area contributed by atoms with E-state index in [2.05, 4.69) is 20.8 Å².